The van der Waals surface area contributed by atoms with Crippen LogP contribution in [0.2, 0.25) is 0 Å². The number of ketones is 1. The Labute approximate surface area is 218 Å². The average Bonchev–Trinajstić information content (AvgIpc) is 3.53. The predicted octanol–water partition coefficient (Wildman–Crippen LogP) is 5.49. The van der Waals surface area contributed by atoms with Gasteiger partial charge in [0.25, 0.3) is 0 Å². The van der Waals surface area contributed by atoms with E-state index in [2.05, 4.69) is 10.2 Å². The molecule has 0 spiro atoms. The zero-order valence-electron chi connectivity index (χ0n) is 20.7. The lowest BCUT2D eigenvalue weighted by atomic mass is 10.2. The van der Waals surface area contributed by atoms with Gasteiger partial charge in [0, 0.05) is 12.4 Å². The number of rotatable bonds is 6. The summed E-state index contributed by atoms with van der Waals surface area (Å²) < 4.78 is 87.2. The van der Waals surface area contributed by atoms with E-state index in [9.17, 15) is 31.1 Å². The molecule has 4 rings (SSSR count). The van der Waals surface area contributed by atoms with Gasteiger partial charge in [-0.05, 0) is 55.5 Å². The summed E-state index contributed by atoms with van der Waals surface area (Å²) in [4.78, 5) is 11.4. The van der Waals surface area contributed by atoms with Crippen molar-refractivity contribution < 1.29 is 45.7 Å². The van der Waals surface area contributed by atoms with Crippen LogP contribution in [0.25, 0.3) is 11.4 Å². The number of alkyl halides is 6. The minimum atomic E-state index is -4.38. The lowest BCUT2D eigenvalue weighted by Gasteiger charge is -2.07. The Hall–Kier alpha value is -4.33. The third-order valence-electron chi connectivity index (χ3n) is 5.29. The number of nitrogens with zero attached hydrogens (tertiary/aromatic N) is 4. The van der Waals surface area contributed by atoms with Crippen LogP contribution in [-0.4, -0.2) is 44.7 Å². The maximum atomic E-state index is 12.5. The van der Waals surface area contributed by atoms with Crippen molar-refractivity contribution in [3.8, 4) is 23.1 Å². The molecule has 0 aliphatic heterocycles. The number of hydrogen-bond acceptors (Lipinski definition) is 6. The quantitative estimate of drug-likeness (QED) is 0.249. The zero-order chi connectivity index (χ0) is 29.0. The summed E-state index contributed by atoms with van der Waals surface area (Å²) in [5, 5.41) is 17.1. The molecule has 208 valence electrons. The van der Waals surface area contributed by atoms with Gasteiger partial charge in [-0.1, -0.05) is 0 Å². The fourth-order valence-electron chi connectivity index (χ4n) is 3.30. The molecule has 0 aliphatic rings. The number of halogens is 6. The first-order valence-corrected chi connectivity index (χ1v) is 11.0. The summed E-state index contributed by atoms with van der Waals surface area (Å²) in [6.45, 7) is 1.10. The van der Waals surface area contributed by atoms with E-state index >= 15 is 0 Å². The number of methoxy groups -OCH3 is 2. The maximum absolute atomic E-state index is 12.5. The summed E-state index contributed by atoms with van der Waals surface area (Å²) in [5.41, 5.74) is 0.120. The highest BCUT2D eigenvalue weighted by atomic mass is 19.4. The maximum Gasteiger partial charge on any atom is 0.416 e. The van der Waals surface area contributed by atoms with E-state index in [4.69, 9.17) is 14.6 Å². The molecular weight excluding hydrogens is 534 g/mol. The van der Waals surface area contributed by atoms with Crippen LogP contribution in [0.4, 0.5) is 26.3 Å². The van der Waals surface area contributed by atoms with E-state index in [-0.39, 0.29) is 29.7 Å². The molecule has 2 aromatic heterocycles. The Bertz CT molecular complexity index is 1390. The number of carbonyl (C=O) groups excluding carboxylic acids is 1. The van der Waals surface area contributed by atoms with Gasteiger partial charge in [0.2, 0.25) is 11.8 Å². The van der Waals surface area contributed by atoms with Crippen LogP contribution < -0.4 is 9.47 Å². The molecule has 4 aromatic rings. The van der Waals surface area contributed by atoms with Gasteiger partial charge in [0.05, 0.1) is 54.5 Å². The third-order valence-corrected chi connectivity index (χ3v) is 5.29. The number of aromatic nitrogens is 4. The van der Waals surface area contributed by atoms with E-state index in [1.165, 1.54) is 67.2 Å². The van der Waals surface area contributed by atoms with Crippen LogP contribution in [-0.2, 0) is 19.0 Å². The molecule has 0 unspecified atom stereocenters. The van der Waals surface area contributed by atoms with Crippen LogP contribution in [0.15, 0.2) is 60.9 Å². The SMILES string of the molecule is COc1nn(-c2ccc(C(F)(F)F)cc2)cc1C(C)=O.COc1nn(-c2ccc(C(F)(F)F)cc2)cc1CO. The van der Waals surface area contributed by atoms with E-state index in [1.807, 2.05) is 0 Å². The second-order valence-electron chi connectivity index (χ2n) is 7.91. The van der Waals surface area contributed by atoms with Crippen molar-refractivity contribution in [1.82, 2.24) is 19.6 Å². The first-order valence-electron chi connectivity index (χ1n) is 11.0. The molecule has 14 heteroatoms. The number of benzene rings is 2. The van der Waals surface area contributed by atoms with Crippen LogP contribution in [0.5, 0.6) is 11.8 Å². The number of hydrogen-bond donors (Lipinski definition) is 1. The Morgan fingerprint density at radius 2 is 1.18 bits per heavy atom. The van der Waals surface area contributed by atoms with Crippen molar-refractivity contribution in [2.45, 2.75) is 25.9 Å². The van der Waals surface area contributed by atoms with E-state index in [1.54, 1.807) is 0 Å². The van der Waals surface area contributed by atoms with Crippen LogP contribution >= 0.6 is 0 Å². The number of aliphatic hydroxyl groups is 1. The molecule has 0 bridgehead atoms. The summed E-state index contributed by atoms with van der Waals surface area (Å²) in [6.07, 6.45) is -5.83. The van der Waals surface area contributed by atoms with Crippen molar-refractivity contribution in [3.63, 3.8) is 0 Å². The predicted molar refractivity (Wildman–Crippen MR) is 126 cm³/mol. The Balaban J connectivity index is 0.000000216. The van der Waals surface area contributed by atoms with Crippen LogP contribution in [0, 0.1) is 0 Å². The summed E-state index contributed by atoms with van der Waals surface area (Å²) >= 11 is 0. The topological polar surface area (TPSA) is 91.4 Å². The minimum absolute atomic E-state index is 0.136. The number of ether oxygens (including phenoxy) is 2. The van der Waals surface area contributed by atoms with Crippen molar-refractivity contribution >= 4 is 5.78 Å². The van der Waals surface area contributed by atoms with E-state index in [0.717, 1.165) is 24.3 Å². The highest BCUT2D eigenvalue weighted by molar-refractivity contribution is 5.96. The first-order chi connectivity index (χ1) is 18.3. The van der Waals surface area contributed by atoms with Gasteiger partial charge in [-0.15, -0.1) is 10.2 Å². The van der Waals surface area contributed by atoms with Crippen molar-refractivity contribution in [3.05, 3.63) is 83.2 Å². The fourth-order valence-corrected chi connectivity index (χ4v) is 3.30. The normalized spacial score (nSPS) is 11.5. The first kappa shape index (κ1) is 29.2. The second kappa shape index (κ2) is 11.6. The van der Waals surface area contributed by atoms with Gasteiger partial charge in [-0.25, -0.2) is 9.36 Å². The van der Waals surface area contributed by atoms with E-state index in [0.29, 0.717) is 16.9 Å². The molecule has 2 aromatic carbocycles. The summed E-state index contributed by atoms with van der Waals surface area (Å²) in [7, 11) is 2.77. The van der Waals surface area contributed by atoms with Gasteiger partial charge in [0.15, 0.2) is 5.78 Å². The fraction of sp³-hybridized carbons (Fsp3) is 0.240. The van der Waals surface area contributed by atoms with Gasteiger partial charge in [-0.3, -0.25) is 4.79 Å². The Morgan fingerprint density at radius 3 is 1.49 bits per heavy atom. The lowest BCUT2D eigenvalue weighted by molar-refractivity contribution is -0.138. The van der Waals surface area contributed by atoms with Crippen molar-refractivity contribution in [1.29, 1.82) is 0 Å². The lowest BCUT2D eigenvalue weighted by Crippen LogP contribution is -2.05. The standard InChI is InChI=1S/C13H11F3N2O2.C12H11F3N2O2/c1-8(19)11-7-18(17-12(11)20-2)10-5-3-9(4-6-10)13(14,15)16;1-19-11-8(7-18)6-17(16-11)10-4-2-9(3-5-10)12(13,14)15/h3-7H,1-2H3;2-6,18H,7H2,1H3. The minimum Gasteiger partial charge on any atom is -0.480 e. The van der Waals surface area contributed by atoms with Gasteiger partial charge >= 0.3 is 12.4 Å². The molecule has 1 N–H and O–H groups in total. The molecule has 0 amide bonds. The second-order valence-corrected chi connectivity index (χ2v) is 7.91. The molecule has 0 radical (unpaired) electrons. The molecule has 0 atom stereocenters. The van der Waals surface area contributed by atoms with E-state index < -0.39 is 23.5 Å². The third kappa shape index (κ3) is 6.96. The molecule has 0 fully saturated rings. The summed E-state index contributed by atoms with van der Waals surface area (Å²) in [5.74, 6) is 0.139. The monoisotopic (exact) mass is 556 g/mol. The summed E-state index contributed by atoms with van der Waals surface area (Å²) in [6, 6.07) is 9.02. The van der Waals surface area contributed by atoms with Crippen molar-refractivity contribution in [2.24, 2.45) is 0 Å². The number of aliphatic hydroxyl groups excluding tert-OH is 1. The highest BCUT2D eigenvalue weighted by Gasteiger charge is 2.31. The largest absolute Gasteiger partial charge is 0.480 e. The molecule has 8 nitrogen and oxygen atoms in total. The van der Waals surface area contributed by atoms with Gasteiger partial charge in [0.1, 0.15) is 0 Å². The zero-order valence-corrected chi connectivity index (χ0v) is 20.7. The molecule has 0 aliphatic carbocycles. The molecular formula is C25H22F6N4O4. The average molecular weight is 556 g/mol. The molecule has 2 heterocycles. The number of carbonyl (C=O) groups is 1. The van der Waals surface area contributed by atoms with Crippen LogP contribution in [0.3, 0.4) is 0 Å². The molecule has 39 heavy (non-hydrogen) atoms. The molecule has 0 saturated carbocycles. The van der Waals surface area contributed by atoms with Gasteiger partial charge in [-0.2, -0.15) is 26.3 Å². The highest BCUT2D eigenvalue weighted by Crippen LogP contribution is 2.31. The smallest absolute Gasteiger partial charge is 0.416 e. The number of Topliss-reactive ketones (excluding diaryl/α,β-unsaturated/α-hetero) is 1. The van der Waals surface area contributed by atoms with Crippen molar-refractivity contribution in [2.75, 3.05) is 14.2 Å². The van der Waals surface area contributed by atoms with Gasteiger partial charge < -0.3 is 14.6 Å². The Kier molecular flexibility index (Phi) is 8.69. The molecule has 0 saturated heterocycles. The Morgan fingerprint density at radius 1 is 0.769 bits per heavy atom. The van der Waals surface area contributed by atoms with Crippen LogP contribution in [0.1, 0.15) is 34.0 Å².